The van der Waals surface area contributed by atoms with Crippen molar-refractivity contribution in [2.24, 2.45) is 11.7 Å². The number of nitrogens with two attached hydrogens (primary N) is 1. The fourth-order valence-corrected chi connectivity index (χ4v) is 4.42. The largest absolute Gasteiger partial charge is 0.365 e. The molecule has 1 aliphatic heterocycles. The number of thiophene rings is 1. The average molecular weight is 340 g/mol. The third-order valence-corrected chi connectivity index (χ3v) is 5.76. The monoisotopic (exact) mass is 340 g/mol. The smallest absolute Gasteiger partial charge is 0.252 e. The summed E-state index contributed by atoms with van der Waals surface area (Å²) in [6.45, 7) is 2.69. The highest BCUT2D eigenvalue weighted by Gasteiger charge is 2.23. The fourth-order valence-electron chi connectivity index (χ4n) is 3.46. The quantitative estimate of drug-likeness (QED) is 0.750. The van der Waals surface area contributed by atoms with E-state index in [1.54, 1.807) is 17.5 Å². The predicted molar refractivity (Wildman–Crippen MR) is 96.1 cm³/mol. The maximum atomic E-state index is 11.4. The van der Waals surface area contributed by atoms with Gasteiger partial charge in [0, 0.05) is 24.3 Å². The molecule has 0 saturated carbocycles. The van der Waals surface area contributed by atoms with Gasteiger partial charge in [0.05, 0.1) is 17.5 Å². The van der Waals surface area contributed by atoms with Gasteiger partial charge in [-0.1, -0.05) is 18.2 Å². The zero-order valence-electron chi connectivity index (χ0n) is 13.4. The number of carbonyl (C=O) groups is 1. The number of fused-ring (bicyclic) bond motifs is 2. The Bertz CT molecular complexity index is 882. The van der Waals surface area contributed by atoms with Crippen LogP contribution in [0.5, 0.6) is 0 Å². The van der Waals surface area contributed by atoms with Crippen molar-refractivity contribution in [3.05, 3.63) is 52.7 Å². The van der Waals surface area contributed by atoms with Crippen molar-refractivity contribution < 1.29 is 4.79 Å². The number of benzene rings is 1. The van der Waals surface area contributed by atoms with E-state index < -0.39 is 0 Å². The Hall–Kier alpha value is -2.18. The van der Waals surface area contributed by atoms with Gasteiger partial charge in [-0.05, 0) is 41.2 Å². The lowest BCUT2D eigenvalue weighted by molar-refractivity contribution is 0.0998. The van der Waals surface area contributed by atoms with Crippen LogP contribution in [-0.4, -0.2) is 22.2 Å². The maximum absolute atomic E-state index is 11.4. The van der Waals surface area contributed by atoms with Crippen LogP contribution in [0.3, 0.4) is 0 Å². The van der Waals surface area contributed by atoms with Gasteiger partial charge in [-0.15, -0.1) is 11.3 Å². The number of rotatable bonds is 5. The normalized spacial score (nSPS) is 17.1. The predicted octanol–water partition coefficient (Wildman–Crippen LogP) is 2.55. The van der Waals surface area contributed by atoms with Crippen molar-refractivity contribution in [2.45, 2.75) is 25.9 Å². The molecule has 1 amide bonds. The number of hydrogen-bond donors (Lipinski definition) is 2. The first-order valence-corrected chi connectivity index (χ1v) is 9.10. The van der Waals surface area contributed by atoms with Gasteiger partial charge in [0.15, 0.2) is 0 Å². The lowest BCUT2D eigenvalue weighted by Gasteiger charge is -2.24. The third kappa shape index (κ3) is 2.83. The summed E-state index contributed by atoms with van der Waals surface area (Å²) in [5.74, 6) is 0.153. The molecule has 6 heteroatoms. The van der Waals surface area contributed by atoms with E-state index in [1.165, 1.54) is 15.6 Å². The van der Waals surface area contributed by atoms with Crippen LogP contribution in [0.2, 0.25) is 0 Å². The summed E-state index contributed by atoms with van der Waals surface area (Å²) in [6.07, 6.45) is 3.53. The Morgan fingerprint density at radius 3 is 3.17 bits per heavy atom. The second kappa shape index (κ2) is 6.37. The van der Waals surface area contributed by atoms with E-state index in [-0.39, 0.29) is 5.91 Å². The van der Waals surface area contributed by atoms with Gasteiger partial charge in [-0.25, -0.2) is 0 Å². The SMILES string of the molecule is NC(=O)c1cnn2c1CC[C@@H](CNCc1csc3ccccc13)C2. The van der Waals surface area contributed by atoms with Gasteiger partial charge >= 0.3 is 0 Å². The third-order valence-electron chi connectivity index (χ3n) is 4.74. The van der Waals surface area contributed by atoms with Gasteiger partial charge in [0.2, 0.25) is 0 Å². The zero-order chi connectivity index (χ0) is 16.5. The molecule has 4 rings (SSSR count). The van der Waals surface area contributed by atoms with Crippen LogP contribution < -0.4 is 11.1 Å². The van der Waals surface area contributed by atoms with Crippen molar-refractivity contribution in [3.8, 4) is 0 Å². The first-order valence-electron chi connectivity index (χ1n) is 8.22. The van der Waals surface area contributed by atoms with Crippen LogP contribution in [0.15, 0.2) is 35.8 Å². The molecule has 3 N–H and O–H groups in total. The summed E-state index contributed by atoms with van der Waals surface area (Å²) in [4.78, 5) is 11.4. The minimum Gasteiger partial charge on any atom is -0.365 e. The lowest BCUT2D eigenvalue weighted by Crippen LogP contribution is -2.31. The molecule has 2 aromatic heterocycles. The van der Waals surface area contributed by atoms with Gasteiger partial charge in [0.1, 0.15) is 0 Å². The molecule has 0 unspecified atom stereocenters. The molecule has 0 spiro atoms. The van der Waals surface area contributed by atoms with Crippen LogP contribution in [-0.2, 0) is 19.5 Å². The molecular formula is C18H20N4OS. The molecular weight excluding hydrogens is 320 g/mol. The topological polar surface area (TPSA) is 72.9 Å². The second-order valence-corrected chi connectivity index (χ2v) is 7.26. The number of carbonyl (C=O) groups excluding carboxylic acids is 1. The Labute approximate surface area is 144 Å². The van der Waals surface area contributed by atoms with E-state index in [0.717, 1.165) is 38.2 Å². The molecule has 5 nitrogen and oxygen atoms in total. The zero-order valence-corrected chi connectivity index (χ0v) is 14.2. The standard InChI is InChI=1S/C18H20N4OS/c19-18(23)15-9-21-22-10-12(5-6-16(15)22)7-20-8-13-11-24-17-4-2-1-3-14(13)17/h1-4,9,11-12,20H,5-8,10H2,(H2,19,23)/t12-/m0/s1. The summed E-state index contributed by atoms with van der Waals surface area (Å²) in [7, 11) is 0. The molecule has 3 aromatic rings. The summed E-state index contributed by atoms with van der Waals surface area (Å²) in [5.41, 5.74) is 8.32. The molecule has 3 heterocycles. The number of hydrogen-bond acceptors (Lipinski definition) is 4. The minimum atomic E-state index is -0.378. The van der Waals surface area contributed by atoms with E-state index in [0.29, 0.717) is 11.5 Å². The van der Waals surface area contributed by atoms with Crippen LogP contribution in [0.25, 0.3) is 10.1 Å². The maximum Gasteiger partial charge on any atom is 0.252 e. The Balaban J connectivity index is 1.36. The highest BCUT2D eigenvalue weighted by molar-refractivity contribution is 7.17. The van der Waals surface area contributed by atoms with Crippen LogP contribution >= 0.6 is 11.3 Å². The van der Waals surface area contributed by atoms with Crippen molar-refractivity contribution in [3.63, 3.8) is 0 Å². The molecule has 0 bridgehead atoms. The van der Waals surface area contributed by atoms with E-state index >= 15 is 0 Å². The Morgan fingerprint density at radius 2 is 2.29 bits per heavy atom. The molecule has 124 valence electrons. The second-order valence-electron chi connectivity index (χ2n) is 6.34. The van der Waals surface area contributed by atoms with E-state index in [1.807, 2.05) is 4.68 Å². The fraction of sp³-hybridized carbons (Fsp3) is 0.333. The number of primary amides is 1. The molecule has 0 radical (unpaired) electrons. The molecule has 0 aliphatic carbocycles. The number of aromatic nitrogens is 2. The van der Waals surface area contributed by atoms with Crippen molar-refractivity contribution in [1.82, 2.24) is 15.1 Å². The average Bonchev–Trinajstić information content (AvgIpc) is 3.19. The summed E-state index contributed by atoms with van der Waals surface area (Å²) >= 11 is 1.80. The highest BCUT2D eigenvalue weighted by atomic mass is 32.1. The molecule has 0 saturated heterocycles. The first-order chi connectivity index (χ1) is 11.7. The van der Waals surface area contributed by atoms with E-state index in [2.05, 4.69) is 40.1 Å². The number of nitrogens with zero attached hydrogens (tertiary/aromatic N) is 2. The van der Waals surface area contributed by atoms with Gasteiger partial charge in [-0.3, -0.25) is 9.48 Å². The van der Waals surface area contributed by atoms with Crippen molar-refractivity contribution >= 4 is 27.3 Å². The van der Waals surface area contributed by atoms with Gasteiger partial charge < -0.3 is 11.1 Å². The summed E-state index contributed by atoms with van der Waals surface area (Å²) in [6, 6.07) is 8.53. The summed E-state index contributed by atoms with van der Waals surface area (Å²) in [5, 5.41) is 11.5. The number of nitrogens with one attached hydrogen (secondary N) is 1. The molecule has 1 aromatic carbocycles. The number of amides is 1. The summed E-state index contributed by atoms with van der Waals surface area (Å²) < 4.78 is 3.28. The molecule has 0 fully saturated rings. The van der Waals surface area contributed by atoms with Crippen LogP contribution in [0.4, 0.5) is 0 Å². The van der Waals surface area contributed by atoms with Gasteiger partial charge in [-0.2, -0.15) is 5.10 Å². The Morgan fingerprint density at radius 1 is 1.42 bits per heavy atom. The van der Waals surface area contributed by atoms with E-state index in [4.69, 9.17) is 5.73 Å². The van der Waals surface area contributed by atoms with Crippen LogP contribution in [0.1, 0.15) is 28.0 Å². The molecule has 1 atom stereocenters. The van der Waals surface area contributed by atoms with E-state index in [9.17, 15) is 4.79 Å². The Kier molecular flexibility index (Phi) is 4.08. The van der Waals surface area contributed by atoms with Crippen LogP contribution in [0, 0.1) is 5.92 Å². The molecule has 1 aliphatic rings. The highest BCUT2D eigenvalue weighted by Crippen LogP contribution is 2.26. The first kappa shape index (κ1) is 15.4. The van der Waals surface area contributed by atoms with Gasteiger partial charge in [0.25, 0.3) is 5.91 Å². The minimum absolute atomic E-state index is 0.378. The lowest BCUT2D eigenvalue weighted by atomic mass is 9.96. The van der Waals surface area contributed by atoms with Crippen molar-refractivity contribution in [2.75, 3.05) is 6.54 Å². The van der Waals surface area contributed by atoms with Crippen molar-refractivity contribution in [1.29, 1.82) is 0 Å². The molecule has 24 heavy (non-hydrogen) atoms.